The van der Waals surface area contributed by atoms with Crippen molar-refractivity contribution >= 4 is 29.3 Å². The number of hydrogen-bond acceptors (Lipinski definition) is 6. The number of fused-ring (bicyclic) bond motifs is 1. The molecule has 0 saturated heterocycles. The van der Waals surface area contributed by atoms with E-state index in [9.17, 15) is 22.8 Å². The number of aryl methyl sites for hydroxylation is 1. The second-order valence-electron chi connectivity index (χ2n) is 7.84. The van der Waals surface area contributed by atoms with Crippen LogP contribution in [0.2, 0.25) is 0 Å². The second kappa shape index (κ2) is 7.71. The number of benzene rings is 1. The number of hydrogen-bond donors (Lipinski definition) is 3. The molecule has 1 saturated carbocycles. The molecular weight excluding hydrogens is 413 g/mol. The van der Waals surface area contributed by atoms with E-state index in [2.05, 4.69) is 25.9 Å². The van der Waals surface area contributed by atoms with E-state index in [0.29, 0.717) is 48.1 Å². The van der Waals surface area contributed by atoms with Crippen molar-refractivity contribution < 1.29 is 22.8 Å². The highest BCUT2D eigenvalue weighted by atomic mass is 19.2. The van der Waals surface area contributed by atoms with Crippen LogP contribution >= 0.6 is 0 Å². The van der Waals surface area contributed by atoms with E-state index in [-0.39, 0.29) is 29.6 Å². The molecule has 1 aromatic carbocycles. The Morgan fingerprint density at radius 3 is 2.45 bits per heavy atom. The minimum Gasteiger partial charge on any atom is -0.351 e. The molecule has 2 amide bonds. The summed E-state index contributed by atoms with van der Waals surface area (Å²) < 4.78 is 39.7. The second-order valence-corrected chi connectivity index (χ2v) is 7.84. The standard InChI is InChI=1S/C20H21F3N6O2/c1-8-16-17(29(3)9(2)18(30)27-16)28-20(24-8)26-12-6-11(7-12)25-19(31)10-4-13(21)15(23)14(22)5-10/h4-5,9,11-12H,6-7H2,1-3H3,(H,25,31)(H,27,30)(H,24,26,28). The van der Waals surface area contributed by atoms with E-state index in [1.54, 1.807) is 25.8 Å². The molecule has 1 aliphatic heterocycles. The zero-order valence-corrected chi connectivity index (χ0v) is 17.1. The fourth-order valence-electron chi connectivity index (χ4n) is 3.60. The number of aromatic nitrogens is 2. The van der Waals surface area contributed by atoms with Gasteiger partial charge in [0.2, 0.25) is 11.9 Å². The number of rotatable bonds is 4. The summed E-state index contributed by atoms with van der Waals surface area (Å²) in [7, 11) is 1.79. The molecule has 1 aromatic heterocycles. The quantitative estimate of drug-likeness (QED) is 0.639. The molecule has 0 radical (unpaired) electrons. The predicted octanol–water partition coefficient (Wildman–Crippen LogP) is 2.35. The van der Waals surface area contributed by atoms with Gasteiger partial charge >= 0.3 is 0 Å². The zero-order chi connectivity index (χ0) is 22.4. The van der Waals surface area contributed by atoms with Crippen molar-refractivity contribution in [3.05, 3.63) is 40.8 Å². The molecule has 8 nitrogen and oxygen atoms in total. The number of anilines is 3. The summed E-state index contributed by atoms with van der Waals surface area (Å²) in [4.78, 5) is 34.9. The maximum atomic E-state index is 13.3. The Bertz CT molecular complexity index is 1050. The Labute approximate surface area is 176 Å². The Hall–Kier alpha value is -3.37. The molecule has 31 heavy (non-hydrogen) atoms. The number of carbonyl (C=O) groups is 2. The summed E-state index contributed by atoms with van der Waals surface area (Å²) in [5.74, 6) is -4.20. The summed E-state index contributed by atoms with van der Waals surface area (Å²) in [6.07, 6.45) is 1.11. The molecule has 1 atom stereocenters. The number of halogens is 3. The van der Waals surface area contributed by atoms with Crippen LogP contribution < -0.4 is 20.9 Å². The molecule has 0 spiro atoms. The summed E-state index contributed by atoms with van der Waals surface area (Å²) >= 11 is 0. The monoisotopic (exact) mass is 434 g/mol. The summed E-state index contributed by atoms with van der Waals surface area (Å²) in [6, 6.07) is 0.760. The highest BCUT2D eigenvalue weighted by Crippen LogP contribution is 2.33. The lowest BCUT2D eigenvalue weighted by Gasteiger charge is -2.37. The maximum Gasteiger partial charge on any atom is 0.251 e. The first kappa shape index (κ1) is 20.9. The minimum atomic E-state index is -1.61. The van der Waals surface area contributed by atoms with Crippen molar-refractivity contribution in [1.29, 1.82) is 0 Å². The molecule has 2 aromatic rings. The van der Waals surface area contributed by atoms with Crippen LogP contribution in [-0.2, 0) is 4.79 Å². The maximum absolute atomic E-state index is 13.3. The van der Waals surface area contributed by atoms with Crippen LogP contribution in [0.4, 0.5) is 30.6 Å². The first-order valence-electron chi connectivity index (χ1n) is 9.78. The van der Waals surface area contributed by atoms with Gasteiger partial charge < -0.3 is 20.9 Å². The van der Waals surface area contributed by atoms with Crippen LogP contribution in [0.15, 0.2) is 12.1 Å². The third-order valence-corrected chi connectivity index (χ3v) is 5.67. The van der Waals surface area contributed by atoms with Gasteiger partial charge in [-0.05, 0) is 38.8 Å². The summed E-state index contributed by atoms with van der Waals surface area (Å²) in [5, 5.41) is 8.69. The fraction of sp³-hybridized carbons (Fsp3) is 0.400. The Kier molecular flexibility index (Phi) is 5.19. The molecule has 1 fully saturated rings. The lowest BCUT2D eigenvalue weighted by atomic mass is 9.86. The zero-order valence-electron chi connectivity index (χ0n) is 17.1. The number of nitrogens with one attached hydrogen (secondary N) is 3. The molecule has 2 heterocycles. The molecule has 4 rings (SSSR count). The van der Waals surface area contributed by atoms with Crippen LogP contribution in [0.1, 0.15) is 35.8 Å². The Morgan fingerprint density at radius 1 is 1.16 bits per heavy atom. The van der Waals surface area contributed by atoms with Gasteiger partial charge in [0.05, 0.1) is 5.69 Å². The minimum absolute atomic E-state index is 0.00893. The van der Waals surface area contributed by atoms with Gasteiger partial charge in [-0.15, -0.1) is 0 Å². The average molecular weight is 434 g/mol. The SMILES string of the molecule is Cc1nc(NC2CC(NC(=O)c3cc(F)c(F)c(F)c3)C2)nc2c1NC(=O)C(C)N2C. The number of amides is 2. The van der Waals surface area contributed by atoms with E-state index in [0.717, 1.165) is 0 Å². The molecule has 2 aliphatic rings. The van der Waals surface area contributed by atoms with Crippen molar-refractivity contribution in [2.45, 2.75) is 44.8 Å². The largest absolute Gasteiger partial charge is 0.351 e. The predicted molar refractivity (Wildman–Crippen MR) is 107 cm³/mol. The lowest BCUT2D eigenvalue weighted by molar-refractivity contribution is -0.117. The number of likely N-dealkylation sites (N-methyl/N-ethyl adjacent to an activating group) is 1. The van der Waals surface area contributed by atoms with E-state index in [4.69, 9.17) is 0 Å². The first-order chi connectivity index (χ1) is 14.6. The Balaban J connectivity index is 1.37. The van der Waals surface area contributed by atoms with Crippen LogP contribution in [0.5, 0.6) is 0 Å². The normalized spacial score (nSPS) is 22.3. The molecule has 1 aliphatic carbocycles. The van der Waals surface area contributed by atoms with Crippen molar-refractivity contribution in [2.75, 3.05) is 22.6 Å². The van der Waals surface area contributed by atoms with E-state index >= 15 is 0 Å². The van der Waals surface area contributed by atoms with Crippen molar-refractivity contribution in [3.8, 4) is 0 Å². The lowest BCUT2D eigenvalue weighted by Crippen LogP contribution is -2.50. The molecule has 3 N–H and O–H groups in total. The van der Waals surface area contributed by atoms with Gasteiger partial charge in [-0.1, -0.05) is 0 Å². The smallest absolute Gasteiger partial charge is 0.251 e. The van der Waals surface area contributed by atoms with Gasteiger partial charge in [-0.2, -0.15) is 4.98 Å². The van der Waals surface area contributed by atoms with Crippen molar-refractivity contribution in [1.82, 2.24) is 15.3 Å². The van der Waals surface area contributed by atoms with E-state index in [1.807, 2.05) is 0 Å². The summed E-state index contributed by atoms with van der Waals surface area (Å²) in [6.45, 7) is 3.56. The highest BCUT2D eigenvalue weighted by Gasteiger charge is 2.33. The Morgan fingerprint density at radius 2 is 1.81 bits per heavy atom. The number of nitrogens with zero attached hydrogens (tertiary/aromatic N) is 3. The van der Waals surface area contributed by atoms with Gasteiger partial charge in [0.15, 0.2) is 23.3 Å². The third kappa shape index (κ3) is 3.87. The molecule has 1 unspecified atom stereocenters. The highest BCUT2D eigenvalue weighted by molar-refractivity contribution is 6.03. The third-order valence-electron chi connectivity index (χ3n) is 5.67. The van der Waals surface area contributed by atoms with Crippen LogP contribution in [0, 0.1) is 24.4 Å². The average Bonchev–Trinajstić information content (AvgIpc) is 2.69. The fourth-order valence-corrected chi connectivity index (χ4v) is 3.60. The first-order valence-corrected chi connectivity index (χ1v) is 9.78. The summed E-state index contributed by atoms with van der Waals surface area (Å²) in [5.41, 5.74) is 0.929. The van der Waals surface area contributed by atoms with Crippen LogP contribution in [0.3, 0.4) is 0 Å². The van der Waals surface area contributed by atoms with E-state index < -0.39 is 23.4 Å². The molecule has 0 bridgehead atoms. The topological polar surface area (TPSA) is 99.2 Å². The van der Waals surface area contributed by atoms with Crippen molar-refractivity contribution in [3.63, 3.8) is 0 Å². The van der Waals surface area contributed by atoms with Crippen LogP contribution in [0.25, 0.3) is 0 Å². The van der Waals surface area contributed by atoms with Gasteiger partial charge in [0.1, 0.15) is 11.7 Å². The molecule has 164 valence electrons. The van der Waals surface area contributed by atoms with Crippen LogP contribution in [-0.4, -0.2) is 47.0 Å². The van der Waals surface area contributed by atoms with Gasteiger partial charge in [0, 0.05) is 24.7 Å². The van der Waals surface area contributed by atoms with Gasteiger partial charge in [-0.25, -0.2) is 18.2 Å². The molecule has 11 heteroatoms. The molecular formula is C20H21F3N6O2. The van der Waals surface area contributed by atoms with E-state index in [1.165, 1.54) is 0 Å². The van der Waals surface area contributed by atoms with Crippen molar-refractivity contribution in [2.24, 2.45) is 0 Å². The van der Waals surface area contributed by atoms with Gasteiger partial charge in [-0.3, -0.25) is 9.59 Å². The van der Waals surface area contributed by atoms with Gasteiger partial charge in [0.25, 0.3) is 5.91 Å². The number of carbonyl (C=O) groups excluding carboxylic acids is 2.